The van der Waals surface area contributed by atoms with Crippen molar-refractivity contribution in [2.45, 2.75) is 113 Å². The molecule has 3 aromatic carbocycles. The van der Waals surface area contributed by atoms with Gasteiger partial charge in [-0.15, -0.1) is 0 Å². The number of rotatable bonds is 38. The predicted octanol–water partition coefficient (Wildman–Crippen LogP) is -4.00. The van der Waals surface area contributed by atoms with Gasteiger partial charge < -0.3 is 83.9 Å². The van der Waals surface area contributed by atoms with Crippen LogP contribution in [0, 0.1) is 0 Å². The first kappa shape index (κ1) is 84.3. The summed E-state index contributed by atoms with van der Waals surface area (Å²) in [5.41, 5.74) is 8.20. The van der Waals surface area contributed by atoms with Crippen molar-refractivity contribution in [3.05, 3.63) is 108 Å². The van der Waals surface area contributed by atoms with E-state index in [0.29, 0.717) is 34.0 Å². The Kier molecular flexibility index (Phi) is 36.7. The third kappa shape index (κ3) is 28.9. The summed E-state index contributed by atoms with van der Waals surface area (Å²) >= 11 is 8.54. The van der Waals surface area contributed by atoms with Gasteiger partial charge in [-0.1, -0.05) is 78.9 Å². The third-order valence-electron chi connectivity index (χ3n) is 16.3. The summed E-state index contributed by atoms with van der Waals surface area (Å²) in [5.74, 6) is -13.1. The minimum Gasteiger partial charge on any atom is -0.480 e. The molecule has 1 fully saturated rings. The smallest absolute Gasteiger partial charge is 0.480 e. The minimum atomic E-state index is -1.78. The predicted molar refractivity (Wildman–Crippen MR) is 374 cm³/mol. The first-order valence-corrected chi connectivity index (χ1v) is 33.6. The van der Waals surface area contributed by atoms with E-state index in [1.165, 1.54) is 6.92 Å². The molecule has 0 radical (unpaired) electrons. The van der Waals surface area contributed by atoms with Gasteiger partial charge in [0, 0.05) is 100 Å². The summed E-state index contributed by atoms with van der Waals surface area (Å²) in [6, 6.07) is 11.9. The first-order valence-electron chi connectivity index (χ1n) is 32.3. The number of unbranched alkanes of at least 4 members (excludes halogenated alkanes) is 1. The van der Waals surface area contributed by atoms with Crippen molar-refractivity contribution in [1.82, 2.24) is 67.1 Å². The summed E-state index contributed by atoms with van der Waals surface area (Å²) in [5, 5.41) is 80.5. The van der Waals surface area contributed by atoms with Crippen LogP contribution in [0.4, 0.5) is 0 Å². The average molecular weight is 1490 g/mol. The number of H-pyrrole nitrogens is 1. The number of hydrogen-bond acceptors (Lipinski definition) is 21. The van der Waals surface area contributed by atoms with Gasteiger partial charge in [-0.05, 0) is 62.4 Å². The number of benzene rings is 3. The van der Waals surface area contributed by atoms with Crippen molar-refractivity contribution in [3.8, 4) is 0 Å². The molecule has 8 amide bonds. The zero-order valence-electron chi connectivity index (χ0n) is 55.7. The van der Waals surface area contributed by atoms with E-state index in [4.69, 9.17) is 5.73 Å². The van der Waals surface area contributed by atoms with Gasteiger partial charge in [-0.2, -0.15) is 25.3 Å². The van der Waals surface area contributed by atoms with Crippen molar-refractivity contribution in [2.24, 2.45) is 5.73 Å². The topological polar surface area (TPSA) is 477 Å². The number of aliphatic hydroxyl groups excluding tert-OH is 2. The molecule has 5 rings (SSSR count). The summed E-state index contributed by atoms with van der Waals surface area (Å²) in [6.45, 7) is 1.96. The molecule has 0 aliphatic carbocycles. The molecule has 1 aliphatic rings. The van der Waals surface area contributed by atoms with E-state index in [1.54, 1.807) is 111 Å². The maximum Gasteiger partial charge on any atom is 3.00 e. The Hall–Kier alpha value is -8.10. The van der Waals surface area contributed by atoms with Crippen molar-refractivity contribution >= 4 is 127 Å². The van der Waals surface area contributed by atoms with E-state index in [2.05, 4.69) is 72.8 Å². The third-order valence-corrected chi connectivity index (χ3v) is 17.0. The van der Waals surface area contributed by atoms with Crippen molar-refractivity contribution in [3.63, 3.8) is 0 Å². The van der Waals surface area contributed by atoms with Gasteiger partial charge in [0.15, 0.2) is 6.04 Å². The van der Waals surface area contributed by atoms with Crippen LogP contribution in [0.25, 0.3) is 10.9 Å². The number of thiol groups is 2. The van der Waals surface area contributed by atoms with Gasteiger partial charge in [0.25, 0.3) is 0 Å². The number of aromatic nitrogens is 1. The molecule has 1 aromatic heterocycles. The standard InChI is InChI=1S/C65H92N14O18S2.Ga/c1-39(80)56(64(95)73-51(38-99)63(94)75-57(40(2)81)65(96)97)74-58(89)46(19-11-12-20-66)69-61(92)49(31-43-32-67-45-18-10-9-17-44(43)45)71-60(91)48(30-42-15-7-4-8-16-42)70-62(93)50(37-98)72-59(90)47(29-41-13-5-3-6-14-41)68-52(82)33-76-21-23-77(34-53(83)84)25-27-79(36-55(87)88)28-26-78(24-22-76)35-54(85)86;/h3-10,13-18,32,39-40,46-51,56-57,67,80-81,98-99H,11-12,19-31,33-38,66H2,1-2H3,(H,68,82)(H,69,92)(H,70,93)(H,71,91)(H,72,90)(H,73,95)(H,74,89)(H,75,94)(H,83,84)(H,85,86)(H,87,88)(H,96,97);/q;+3/t39-,40-,46+,47-,48+,49-,50+,51+,56+,57+;/m1./s1/i;1-2. The Labute approximate surface area is 602 Å². The number of aliphatic hydroxyl groups is 2. The maximum absolute atomic E-state index is 15.0. The molecule has 0 saturated carbocycles. The molecule has 0 bridgehead atoms. The van der Waals surface area contributed by atoms with E-state index >= 15 is 4.79 Å². The molecule has 542 valence electrons. The van der Waals surface area contributed by atoms with Crippen LogP contribution in [0.5, 0.6) is 0 Å². The second kappa shape index (κ2) is 43.5. The molecule has 1 saturated heterocycles. The normalized spacial score (nSPS) is 16.6. The average Bonchev–Trinajstić information content (AvgIpc) is 1.54. The number of para-hydroxylation sites is 1. The molecule has 0 unspecified atom stereocenters. The van der Waals surface area contributed by atoms with Crippen molar-refractivity contribution < 1.29 is 88.2 Å². The van der Waals surface area contributed by atoms with Crippen LogP contribution in [0.3, 0.4) is 0 Å². The van der Waals surface area contributed by atoms with E-state index in [-0.39, 0.29) is 130 Å². The molecule has 2 heterocycles. The summed E-state index contributed by atoms with van der Waals surface area (Å²) in [7, 11) is 0. The van der Waals surface area contributed by atoms with Crippen LogP contribution < -0.4 is 48.3 Å². The molecule has 35 heteroatoms. The van der Waals surface area contributed by atoms with Crippen LogP contribution in [-0.2, 0) is 76.8 Å². The van der Waals surface area contributed by atoms with Gasteiger partial charge in [-0.25, -0.2) is 4.79 Å². The van der Waals surface area contributed by atoms with E-state index < -0.39 is 151 Å². The van der Waals surface area contributed by atoms with Gasteiger partial charge in [-0.3, -0.25) is 72.3 Å². The molecule has 1 aliphatic heterocycles. The molecular formula is C65H92GaN14O18S2+3. The van der Waals surface area contributed by atoms with Crippen LogP contribution in [0.1, 0.15) is 49.8 Å². The number of fused-ring (bicyclic) bond motifs is 1. The Morgan fingerprint density at radius 2 is 0.810 bits per heavy atom. The Morgan fingerprint density at radius 1 is 0.450 bits per heavy atom. The monoisotopic (exact) mass is 1490 g/mol. The molecule has 100 heavy (non-hydrogen) atoms. The molecule has 0 spiro atoms. The fourth-order valence-electron chi connectivity index (χ4n) is 10.9. The molecule has 32 nitrogen and oxygen atoms in total. The van der Waals surface area contributed by atoms with E-state index in [0.717, 1.165) is 6.92 Å². The van der Waals surface area contributed by atoms with Gasteiger partial charge in [0.2, 0.25) is 47.3 Å². The molecule has 10 atom stereocenters. The van der Waals surface area contributed by atoms with Crippen LogP contribution >= 0.6 is 25.3 Å². The van der Waals surface area contributed by atoms with E-state index in [9.17, 15) is 83.4 Å². The maximum atomic E-state index is 15.0. The fraction of sp³-hybridized carbons (Fsp3) is 0.508. The number of carbonyl (C=O) groups excluding carboxylic acids is 8. The van der Waals surface area contributed by atoms with Crippen LogP contribution in [0.2, 0.25) is 0 Å². The fourth-order valence-corrected chi connectivity index (χ4v) is 11.4. The first-order chi connectivity index (χ1) is 47.2. The number of carboxylic acid groups (broad SMARTS) is 4. The molecule has 4 aromatic rings. The van der Waals surface area contributed by atoms with Gasteiger partial charge in [0.1, 0.15) is 42.3 Å². The second-order valence-electron chi connectivity index (χ2n) is 24.1. The number of nitrogens with zero attached hydrogens (tertiary/aromatic N) is 4. The van der Waals surface area contributed by atoms with Gasteiger partial charge in [0.05, 0.1) is 38.4 Å². The largest absolute Gasteiger partial charge is 3.00 e. The number of carboxylic acids is 4. The number of aliphatic carboxylic acids is 4. The number of nitrogens with one attached hydrogen (secondary N) is 9. The zero-order chi connectivity index (χ0) is 72.7. The van der Waals surface area contributed by atoms with Crippen LogP contribution in [0.15, 0.2) is 91.1 Å². The number of carbonyl (C=O) groups is 12. The Balaban J connectivity index is 0.0000212. The Bertz CT molecular complexity index is 3330. The Morgan fingerprint density at radius 3 is 1.24 bits per heavy atom. The van der Waals surface area contributed by atoms with Crippen molar-refractivity contribution in [2.75, 3.05) is 96.6 Å². The number of amides is 8. The van der Waals surface area contributed by atoms with Crippen molar-refractivity contribution in [1.29, 1.82) is 0 Å². The quantitative estimate of drug-likeness (QED) is 0.0116. The van der Waals surface area contributed by atoms with E-state index in [1.807, 2.05) is 0 Å². The zero-order valence-corrected chi connectivity index (χ0v) is 59.9. The summed E-state index contributed by atoms with van der Waals surface area (Å²) in [4.78, 5) is 172. The second-order valence-corrected chi connectivity index (χ2v) is 24.8. The minimum absolute atomic E-state index is 0. The van der Waals surface area contributed by atoms with Gasteiger partial charge >= 0.3 is 43.7 Å². The number of aromatic amines is 1. The van der Waals surface area contributed by atoms with Crippen LogP contribution in [-0.4, -0.2) is 303 Å². The molecular weight excluding hydrogens is 1400 g/mol. The summed E-state index contributed by atoms with van der Waals surface area (Å²) < 4.78 is 0. The molecule has 17 N–H and O–H groups in total. The SMILES string of the molecule is C[C@@H](O)[C@H](NC(=O)[C@H](CS)NC(=O)[C@@H](NC(=O)[C@H](CCCCN)NC(=O)[C@@H](Cc1c[nH]c2ccccc12)NC(=O)[C@H](Cc1ccccc1)NC(=O)[C@H](CS)NC(=O)[C@@H](Cc1ccccc1)NC(=O)CN1CCN(CC(=O)O)CCN(CC(=O)O)CCN(CC(=O)O)CC1)[C@@H](C)O)C(=O)O.[68Ga+3]. The summed E-state index contributed by atoms with van der Waals surface area (Å²) in [6.07, 6.45) is -1.50. The number of nitrogens with two attached hydrogens (primary N) is 1. The number of hydrogen-bond donors (Lipinski definition) is 18.